The number of alkyl halides is 3. The predicted octanol–water partition coefficient (Wildman–Crippen LogP) is 5.42. The zero-order valence-electron chi connectivity index (χ0n) is 14.0. The fourth-order valence-corrected chi connectivity index (χ4v) is 4.17. The molecule has 2 amide bonds. The van der Waals surface area contributed by atoms with Gasteiger partial charge in [0.25, 0.3) is 0 Å². The first-order valence-electron chi connectivity index (χ1n) is 8.34. The second-order valence-electron chi connectivity index (χ2n) is 6.02. The third-order valence-corrected chi connectivity index (χ3v) is 5.60. The van der Waals surface area contributed by atoms with Crippen LogP contribution in [0.5, 0.6) is 0 Å². The van der Waals surface area contributed by atoms with Gasteiger partial charge in [0.2, 0.25) is 0 Å². The van der Waals surface area contributed by atoms with Crippen molar-refractivity contribution in [2.24, 2.45) is 0 Å². The lowest BCUT2D eigenvalue weighted by Gasteiger charge is -2.22. The Hall–Kier alpha value is -2.15. The Morgan fingerprint density at radius 3 is 2.46 bits per heavy atom. The molecule has 0 radical (unpaired) electrons. The van der Waals surface area contributed by atoms with E-state index >= 15 is 0 Å². The Morgan fingerprint density at radius 2 is 1.73 bits per heavy atom. The van der Waals surface area contributed by atoms with Crippen LogP contribution in [0.4, 0.5) is 23.7 Å². The molecule has 7 heteroatoms. The summed E-state index contributed by atoms with van der Waals surface area (Å²) >= 11 is 1.77. The Bertz CT molecular complexity index is 752. The molecule has 0 saturated carbocycles. The molecule has 0 aromatic heterocycles. The SMILES string of the molecule is O=C(Nc1ccccc1C(F)(F)F)N1CCSC(c2ccccc2)CC1. The third-order valence-electron chi connectivity index (χ3n) is 4.27. The van der Waals surface area contributed by atoms with E-state index in [9.17, 15) is 18.0 Å². The van der Waals surface area contributed by atoms with Crippen molar-refractivity contribution in [1.82, 2.24) is 4.90 Å². The van der Waals surface area contributed by atoms with Gasteiger partial charge in [0.05, 0.1) is 11.3 Å². The summed E-state index contributed by atoms with van der Waals surface area (Å²) in [6.45, 7) is 1.01. The first kappa shape index (κ1) is 18.6. The molecule has 3 nitrogen and oxygen atoms in total. The monoisotopic (exact) mass is 380 g/mol. The van der Waals surface area contributed by atoms with Crippen LogP contribution in [0.15, 0.2) is 54.6 Å². The Morgan fingerprint density at radius 1 is 1.04 bits per heavy atom. The van der Waals surface area contributed by atoms with Gasteiger partial charge in [-0.2, -0.15) is 24.9 Å². The first-order chi connectivity index (χ1) is 12.4. The number of hydrogen-bond acceptors (Lipinski definition) is 2. The zero-order chi connectivity index (χ0) is 18.6. The van der Waals surface area contributed by atoms with E-state index in [-0.39, 0.29) is 10.9 Å². The number of para-hydroxylation sites is 1. The van der Waals surface area contributed by atoms with E-state index in [0.29, 0.717) is 13.1 Å². The second kappa shape index (κ2) is 8.03. The second-order valence-corrected chi connectivity index (χ2v) is 7.33. The lowest BCUT2D eigenvalue weighted by atomic mass is 10.1. The van der Waals surface area contributed by atoms with Crippen molar-refractivity contribution in [2.45, 2.75) is 17.8 Å². The number of carbonyl (C=O) groups excluding carboxylic acids is 1. The normalized spacial score (nSPS) is 18.3. The molecule has 26 heavy (non-hydrogen) atoms. The number of carbonyl (C=O) groups is 1. The maximum atomic E-state index is 13.1. The standard InChI is InChI=1S/C19H19F3N2OS/c20-19(21,22)15-8-4-5-9-16(15)23-18(25)24-11-10-17(26-13-12-24)14-6-2-1-3-7-14/h1-9,17H,10-13H2,(H,23,25). The van der Waals surface area contributed by atoms with Crippen molar-refractivity contribution in [1.29, 1.82) is 0 Å². The Balaban J connectivity index is 1.66. The number of nitrogens with zero attached hydrogens (tertiary/aromatic N) is 1. The summed E-state index contributed by atoms with van der Waals surface area (Å²) in [7, 11) is 0. The minimum Gasteiger partial charge on any atom is -0.324 e. The van der Waals surface area contributed by atoms with Gasteiger partial charge in [0, 0.05) is 24.1 Å². The summed E-state index contributed by atoms with van der Waals surface area (Å²) in [5.74, 6) is 0.744. The van der Waals surface area contributed by atoms with Gasteiger partial charge in [-0.3, -0.25) is 0 Å². The summed E-state index contributed by atoms with van der Waals surface area (Å²) in [5.41, 5.74) is 0.170. The smallest absolute Gasteiger partial charge is 0.324 e. The largest absolute Gasteiger partial charge is 0.418 e. The number of anilines is 1. The zero-order valence-corrected chi connectivity index (χ0v) is 14.8. The highest BCUT2D eigenvalue weighted by atomic mass is 32.2. The minimum absolute atomic E-state index is 0.207. The predicted molar refractivity (Wildman–Crippen MR) is 98.3 cm³/mol. The van der Waals surface area contributed by atoms with Crippen LogP contribution < -0.4 is 5.32 Å². The molecule has 0 aliphatic carbocycles. The van der Waals surface area contributed by atoms with Crippen molar-refractivity contribution in [3.8, 4) is 0 Å². The van der Waals surface area contributed by atoms with E-state index in [1.165, 1.54) is 23.8 Å². The highest BCUT2D eigenvalue weighted by Gasteiger charge is 2.34. The summed E-state index contributed by atoms with van der Waals surface area (Å²) in [6, 6.07) is 14.6. The van der Waals surface area contributed by atoms with Gasteiger partial charge >= 0.3 is 12.2 Å². The molecule has 1 N–H and O–H groups in total. The number of amides is 2. The van der Waals surface area contributed by atoms with Crippen LogP contribution in [-0.2, 0) is 6.18 Å². The maximum Gasteiger partial charge on any atom is 0.418 e. The van der Waals surface area contributed by atoms with Crippen LogP contribution in [0.3, 0.4) is 0 Å². The lowest BCUT2D eigenvalue weighted by molar-refractivity contribution is -0.136. The van der Waals surface area contributed by atoms with Gasteiger partial charge in [0.15, 0.2) is 0 Å². The van der Waals surface area contributed by atoms with Gasteiger partial charge in [-0.1, -0.05) is 42.5 Å². The quantitative estimate of drug-likeness (QED) is 0.755. The third kappa shape index (κ3) is 4.52. The van der Waals surface area contributed by atoms with Crippen molar-refractivity contribution < 1.29 is 18.0 Å². The van der Waals surface area contributed by atoms with Crippen molar-refractivity contribution in [2.75, 3.05) is 24.2 Å². The van der Waals surface area contributed by atoms with E-state index in [4.69, 9.17) is 0 Å². The maximum absolute atomic E-state index is 13.1. The fraction of sp³-hybridized carbons (Fsp3) is 0.316. The topological polar surface area (TPSA) is 32.3 Å². The molecule has 0 bridgehead atoms. The number of rotatable bonds is 2. The van der Waals surface area contributed by atoms with Crippen LogP contribution in [0.2, 0.25) is 0 Å². The number of halogens is 3. The van der Waals surface area contributed by atoms with E-state index in [0.717, 1.165) is 18.2 Å². The summed E-state index contributed by atoms with van der Waals surface area (Å²) < 4.78 is 39.2. The molecule has 138 valence electrons. The molecule has 1 unspecified atom stereocenters. The number of benzene rings is 2. The molecular formula is C19H19F3N2OS. The molecule has 1 heterocycles. The van der Waals surface area contributed by atoms with Gasteiger partial charge in [-0.05, 0) is 24.1 Å². The van der Waals surface area contributed by atoms with Gasteiger partial charge in [-0.15, -0.1) is 0 Å². The van der Waals surface area contributed by atoms with Crippen LogP contribution >= 0.6 is 11.8 Å². The number of urea groups is 1. The van der Waals surface area contributed by atoms with Crippen molar-refractivity contribution >= 4 is 23.5 Å². The average molecular weight is 380 g/mol. The molecule has 1 aliphatic heterocycles. The van der Waals surface area contributed by atoms with E-state index in [2.05, 4.69) is 17.4 Å². The van der Waals surface area contributed by atoms with E-state index in [1.807, 2.05) is 18.2 Å². The molecule has 3 rings (SSSR count). The Labute approximate surface area is 154 Å². The number of nitrogens with one attached hydrogen (secondary N) is 1. The van der Waals surface area contributed by atoms with Gasteiger partial charge in [-0.25, -0.2) is 4.79 Å². The Kier molecular flexibility index (Phi) is 5.76. The molecule has 2 aromatic rings. The van der Waals surface area contributed by atoms with E-state index in [1.54, 1.807) is 16.7 Å². The van der Waals surface area contributed by atoms with Crippen molar-refractivity contribution in [3.63, 3.8) is 0 Å². The van der Waals surface area contributed by atoms with Crippen LogP contribution in [0.1, 0.15) is 22.8 Å². The molecule has 1 atom stereocenters. The molecule has 1 fully saturated rings. The molecule has 1 aliphatic rings. The first-order valence-corrected chi connectivity index (χ1v) is 9.39. The number of thioether (sulfide) groups is 1. The molecular weight excluding hydrogens is 361 g/mol. The van der Waals surface area contributed by atoms with Crippen LogP contribution in [-0.4, -0.2) is 29.8 Å². The summed E-state index contributed by atoms with van der Waals surface area (Å²) in [6.07, 6.45) is -3.74. The highest BCUT2D eigenvalue weighted by Crippen LogP contribution is 2.36. The molecule has 2 aromatic carbocycles. The lowest BCUT2D eigenvalue weighted by Crippen LogP contribution is -2.37. The van der Waals surface area contributed by atoms with Gasteiger partial charge < -0.3 is 10.2 Å². The number of hydrogen-bond donors (Lipinski definition) is 1. The summed E-state index contributed by atoms with van der Waals surface area (Å²) in [4.78, 5) is 14.1. The average Bonchev–Trinajstić information content (AvgIpc) is 2.88. The van der Waals surface area contributed by atoms with E-state index < -0.39 is 17.8 Å². The molecule has 0 spiro atoms. The highest BCUT2D eigenvalue weighted by molar-refractivity contribution is 7.99. The molecule has 1 saturated heterocycles. The minimum atomic E-state index is -4.50. The van der Waals surface area contributed by atoms with Crippen LogP contribution in [0, 0.1) is 0 Å². The van der Waals surface area contributed by atoms with Crippen LogP contribution in [0.25, 0.3) is 0 Å². The van der Waals surface area contributed by atoms with Gasteiger partial charge in [0.1, 0.15) is 0 Å². The fourth-order valence-electron chi connectivity index (χ4n) is 2.94. The van der Waals surface area contributed by atoms with Crippen molar-refractivity contribution in [3.05, 3.63) is 65.7 Å². The summed E-state index contributed by atoms with van der Waals surface area (Å²) in [5, 5.41) is 2.72.